The minimum Gasteiger partial charge on any atom is -0.380 e. The van der Waals surface area contributed by atoms with Crippen LogP contribution in [0.5, 0.6) is 0 Å². The SMILES string of the molecule is O=P(c1ccccc1)(c1ccccc1)C(O)c1cccnc1. The molecule has 4 heteroatoms. The van der Waals surface area contributed by atoms with E-state index in [9.17, 15) is 9.67 Å². The van der Waals surface area contributed by atoms with Crippen LogP contribution in [-0.2, 0) is 4.57 Å². The van der Waals surface area contributed by atoms with E-state index in [1.807, 2.05) is 36.4 Å². The summed E-state index contributed by atoms with van der Waals surface area (Å²) in [5, 5.41) is 12.1. The molecule has 1 aromatic heterocycles. The molecular formula is C18H16NO2P. The monoisotopic (exact) mass is 309 g/mol. The molecule has 1 unspecified atom stereocenters. The fraction of sp³-hybridized carbons (Fsp3) is 0.0556. The van der Waals surface area contributed by atoms with Gasteiger partial charge >= 0.3 is 0 Å². The zero-order chi connectivity index (χ0) is 15.4. The molecule has 0 spiro atoms. The second kappa shape index (κ2) is 6.27. The van der Waals surface area contributed by atoms with Crippen molar-refractivity contribution in [1.82, 2.24) is 4.98 Å². The van der Waals surface area contributed by atoms with Gasteiger partial charge in [-0.25, -0.2) is 0 Å². The van der Waals surface area contributed by atoms with Crippen LogP contribution in [0.1, 0.15) is 11.4 Å². The lowest BCUT2D eigenvalue weighted by atomic mass is 10.3. The second-order valence-electron chi connectivity index (χ2n) is 4.99. The number of nitrogens with zero attached hydrogens (tertiary/aromatic N) is 1. The smallest absolute Gasteiger partial charge is 0.174 e. The fourth-order valence-corrected chi connectivity index (χ4v) is 5.13. The molecule has 3 aromatic rings. The van der Waals surface area contributed by atoms with Gasteiger partial charge in [0.1, 0.15) is 5.85 Å². The number of hydrogen-bond donors (Lipinski definition) is 1. The molecular weight excluding hydrogens is 293 g/mol. The minimum absolute atomic E-state index is 0.554. The summed E-state index contributed by atoms with van der Waals surface area (Å²) in [7, 11) is -3.22. The van der Waals surface area contributed by atoms with Gasteiger partial charge < -0.3 is 9.67 Å². The first kappa shape index (κ1) is 14.7. The number of aliphatic hydroxyl groups is 1. The minimum atomic E-state index is -3.22. The third-order valence-corrected chi connectivity index (χ3v) is 6.72. The molecule has 3 rings (SSSR count). The normalized spacial score (nSPS) is 12.8. The number of rotatable bonds is 4. The Morgan fingerprint density at radius 1 is 0.818 bits per heavy atom. The van der Waals surface area contributed by atoms with Gasteiger partial charge in [0, 0.05) is 28.6 Å². The summed E-state index contributed by atoms with van der Waals surface area (Å²) < 4.78 is 13.8. The first-order valence-corrected chi connectivity index (χ1v) is 8.79. The number of pyridine rings is 1. The molecule has 0 aliphatic carbocycles. The van der Waals surface area contributed by atoms with E-state index in [1.165, 1.54) is 0 Å². The third-order valence-electron chi connectivity index (χ3n) is 3.61. The van der Waals surface area contributed by atoms with Crippen molar-refractivity contribution >= 4 is 17.8 Å². The lowest BCUT2D eigenvalue weighted by Crippen LogP contribution is -2.21. The molecule has 0 aliphatic rings. The van der Waals surface area contributed by atoms with Gasteiger partial charge in [0.15, 0.2) is 7.14 Å². The van der Waals surface area contributed by atoms with Gasteiger partial charge in [-0.05, 0) is 6.07 Å². The van der Waals surface area contributed by atoms with Crippen molar-refractivity contribution in [2.24, 2.45) is 0 Å². The first-order chi connectivity index (χ1) is 10.7. The summed E-state index contributed by atoms with van der Waals surface area (Å²) in [6.45, 7) is 0. The summed E-state index contributed by atoms with van der Waals surface area (Å²) in [6.07, 6.45) is 3.19. The maximum Gasteiger partial charge on any atom is 0.174 e. The first-order valence-electron chi connectivity index (χ1n) is 7.02. The lowest BCUT2D eigenvalue weighted by molar-refractivity contribution is 0.256. The highest BCUT2D eigenvalue weighted by Gasteiger charge is 2.36. The molecule has 0 fully saturated rings. The van der Waals surface area contributed by atoms with E-state index >= 15 is 0 Å². The largest absolute Gasteiger partial charge is 0.380 e. The van der Waals surface area contributed by atoms with Crippen molar-refractivity contribution in [2.45, 2.75) is 5.85 Å². The van der Waals surface area contributed by atoms with Crippen LogP contribution in [0.4, 0.5) is 0 Å². The molecule has 0 bridgehead atoms. The predicted octanol–water partition coefficient (Wildman–Crippen LogP) is 3.09. The lowest BCUT2D eigenvalue weighted by Gasteiger charge is -2.25. The average molecular weight is 309 g/mol. The molecule has 1 heterocycles. The highest BCUT2D eigenvalue weighted by molar-refractivity contribution is 7.78. The molecule has 0 aliphatic heterocycles. The molecule has 0 saturated heterocycles. The average Bonchev–Trinajstić information content (AvgIpc) is 2.62. The van der Waals surface area contributed by atoms with Crippen molar-refractivity contribution in [3.05, 3.63) is 90.8 Å². The Labute approximate surface area is 129 Å². The van der Waals surface area contributed by atoms with Gasteiger partial charge in [-0.3, -0.25) is 4.98 Å². The van der Waals surface area contributed by atoms with Crippen LogP contribution in [0.3, 0.4) is 0 Å². The van der Waals surface area contributed by atoms with Crippen LogP contribution in [-0.4, -0.2) is 10.1 Å². The van der Waals surface area contributed by atoms with Gasteiger partial charge in [0.2, 0.25) is 0 Å². The second-order valence-corrected chi connectivity index (χ2v) is 7.83. The van der Waals surface area contributed by atoms with E-state index in [-0.39, 0.29) is 0 Å². The topological polar surface area (TPSA) is 50.2 Å². The Morgan fingerprint density at radius 2 is 1.36 bits per heavy atom. The van der Waals surface area contributed by atoms with Crippen molar-refractivity contribution in [3.63, 3.8) is 0 Å². The van der Waals surface area contributed by atoms with Crippen molar-refractivity contribution < 1.29 is 9.67 Å². The van der Waals surface area contributed by atoms with Crippen molar-refractivity contribution in [1.29, 1.82) is 0 Å². The predicted molar refractivity (Wildman–Crippen MR) is 89.0 cm³/mol. The number of aromatic nitrogens is 1. The van der Waals surface area contributed by atoms with Gasteiger partial charge in [-0.15, -0.1) is 0 Å². The van der Waals surface area contributed by atoms with E-state index in [0.29, 0.717) is 16.2 Å². The van der Waals surface area contributed by atoms with E-state index in [0.717, 1.165) is 0 Å². The molecule has 0 saturated carbocycles. The summed E-state index contributed by atoms with van der Waals surface area (Å²) in [5.74, 6) is -1.12. The van der Waals surface area contributed by atoms with Crippen LogP contribution >= 0.6 is 7.14 Å². The number of aliphatic hydroxyl groups excluding tert-OH is 1. The van der Waals surface area contributed by atoms with Gasteiger partial charge in [-0.2, -0.15) is 0 Å². The maximum atomic E-state index is 13.8. The molecule has 2 aromatic carbocycles. The van der Waals surface area contributed by atoms with Gasteiger partial charge in [0.05, 0.1) is 0 Å². The molecule has 110 valence electrons. The van der Waals surface area contributed by atoms with Crippen LogP contribution in [0, 0.1) is 0 Å². The summed E-state index contributed by atoms with van der Waals surface area (Å²) in [5.41, 5.74) is 0.554. The third kappa shape index (κ3) is 2.61. The zero-order valence-corrected chi connectivity index (χ0v) is 12.8. The van der Waals surface area contributed by atoms with E-state index in [1.54, 1.807) is 48.8 Å². The van der Waals surface area contributed by atoms with Crippen LogP contribution in [0.15, 0.2) is 85.2 Å². The fourth-order valence-electron chi connectivity index (χ4n) is 2.47. The van der Waals surface area contributed by atoms with E-state index < -0.39 is 13.0 Å². The summed E-state index contributed by atoms with van der Waals surface area (Å²) in [6, 6.07) is 21.8. The quantitative estimate of drug-likeness (QED) is 0.754. The highest BCUT2D eigenvalue weighted by Crippen LogP contribution is 2.55. The van der Waals surface area contributed by atoms with E-state index in [4.69, 9.17) is 0 Å². The number of hydrogen-bond acceptors (Lipinski definition) is 3. The number of benzene rings is 2. The van der Waals surface area contributed by atoms with Gasteiger partial charge in [0.25, 0.3) is 0 Å². The standard InChI is InChI=1S/C18H16NO2P/c20-18(15-8-7-13-19-14-15)22(21,16-9-3-1-4-10-16)17-11-5-2-6-12-17/h1-14,18,20H. The molecule has 3 nitrogen and oxygen atoms in total. The maximum absolute atomic E-state index is 13.8. The Hall–Kier alpha value is -2.22. The van der Waals surface area contributed by atoms with Crippen molar-refractivity contribution in [3.8, 4) is 0 Å². The summed E-state index contributed by atoms with van der Waals surface area (Å²) >= 11 is 0. The Morgan fingerprint density at radius 3 is 1.82 bits per heavy atom. The molecule has 0 amide bonds. The molecule has 1 N–H and O–H groups in total. The van der Waals surface area contributed by atoms with Crippen LogP contribution in [0.2, 0.25) is 0 Å². The Kier molecular flexibility index (Phi) is 4.19. The van der Waals surface area contributed by atoms with Crippen LogP contribution < -0.4 is 10.6 Å². The Bertz CT molecular complexity index is 732. The van der Waals surface area contributed by atoms with Crippen LogP contribution in [0.25, 0.3) is 0 Å². The molecule has 1 atom stereocenters. The molecule has 0 radical (unpaired) electrons. The summed E-state index contributed by atoms with van der Waals surface area (Å²) in [4.78, 5) is 4.03. The molecule has 22 heavy (non-hydrogen) atoms. The van der Waals surface area contributed by atoms with E-state index in [2.05, 4.69) is 4.98 Å². The zero-order valence-electron chi connectivity index (χ0n) is 11.9. The highest BCUT2D eigenvalue weighted by atomic mass is 31.2. The van der Waals surface area contributed by atoms with Gasteiger partial charge in [-0.1, -0.05) is 66.7 Å². The Balaban J connectivity index is 2.18. The van der Waals surface area contributed by atoms with Crippen molar-refractivity contribution in [2.75, 3.05) is 0 Å².